The number of ether oxygens (including phenoxy) is 1. The maximum atomic E-state index is 5.60. The second-order valence-electron chi connectivity index (χ2n) is 3.51. The van der Waals surface area contributed by atoms with E-state index in [0.717, 1.165) is 13.2 Å². The molecule has 0 aromatic carbocycles. The molecule has 0 heterocycles. The van der Waals surface area contributed by atoms with Gasteiger partial charge in [-0.3, -0.25) is 0 Å². The Kier molecular flexibility index (Phi) is 7.23. The quantitative estimate of drug-likeness (QED) is 0.650. The third-order valence-corrected chi connectivity index (χ3v) is 2.50. The van der Waals surface area contributed by atoms with Crippen molar-refractivity contribution in [1.82, 2.24) is 4.90 Å². The minimum atomic E-state index is 0.184. The summed E-state index contributed by atoms with van der Waals surface area (Å²) in [5.41, 5.74) is 5.60. The molecule has 0 amide bonds. The summed E-state index contributed by atoms with van der Waals surface area (Å²) in [5.74, 6) is 0. The Balaban J connectivity index is 3.78. The van der Waals surface area contributed by atoms with E-state index in [2.05, 4.69) is 25.8 Å². The van der Waals surface area contributed by atoms with Gasteiger partial charge in [-0.25, -0.2) is 0 Å². The van der Waals surface area contributed by atoms with Crippen molar-refractivity contribution in [3.8, 4) is 0 Å². The highest BCUT2D eigenvalue weighted by atomic mass is 16.5. The number of rotatable bonds is 7. The van der Waals surface area contributed by atoms with Crippen molar-refractivity contribution in [3.63, 3.8) is 0 Å². The Morgan fingerprint density at radius 3 is 2.38 bits per heavy atom. The van der Waals surface area contributed by atoms with Crippen molar-refractivity contribution in [2.75, 3.05) is 26.7 Å². The van der Waals surface area contributed by atoms with Crippen molar-refractivity contribution < 1.29 is 4.74 Å². The molecule has 3 nitrogen and oxygen atoms in total. The summed E-state index contributed by atoms with van der Waals surface area (Å²) in [6, 6.07) is 0.606. The molecule has 80 valence electrons. The Hall–Kier alpha value is -0.120. The molecule has 13 heavy (non-hydrogen) atoms. The summed E-state index contributed by atoms with van der Waals surface area (Å²) in [4.78, 5) is 2.30. The van der Waals surface area contributed by atoms with Crippen molar-refractivity contribution in [2.45, 2.75) is 39.3 Å². The van der Waals surface area contributed by atoms with Crippen LogP contribution >= 0.6 is 0 Å². The van der Waals surface area contributed by atoms with Crippen LogP contribution in [-0.4, -0.2) is 43.8 Å². The lowest BCUT2D eigenvalue weighted by Crippen LogP contribution is -2.40. The minimum Gasteiger partial charge on any atom is -0.376 e. The van der Waals surface area contributed by atoms with Gasteiger partial charge in [-0.2, -0.15) is 0 Å². The fraction of sp³-hybridized carbons (Fsp3) is 1.00. The van der Waals surface area contributed by atoms with Crippen molar-refractivity contribution in [1.29, 1.82) is 0 Å². The first-order valence-corrected chi connectivity index (χ1v) is 5.17. The van der Waals surface area contributed by atoms with Crippen LogP contribution < -0.4 is 5.73 Å². The van der Waals surface area contributed by atoms with Crippen LogP contribution in [-0.2, 0) is 4.74 Å². The van der Waals surface area contributed by atoms with Crippen LogP contribution in [0.2, 0.25) is 0 Å². The van der Waals surface area contributed by atoms with Gasteiger partial charge in [0.1, 0.15) is 0 Å². The van der Waals surface area contributed by atoms with Crippen LogP contribution in [0.3, 0.4) is 0 Å². The molecule has 0 aliphatic rings. The lowest BCUT2D eigenvalue weighted by molar-refractivity contribution is 0.0369. The maximum Gasteiger partial charge on any atom is 0.0823 e. The molecule has 0 fully saturated rings. The molecule has 0 bridgehead atoms. The van der Waals surface area contributed by atoms with Gasteiger partial charge in [-0.15, -0.1) is 0 Å². The van der Waals surface area contributed by atoms with E-state index in [9.17, 15) is 0 Å². The van der Waals surface area contributed by atoms with Crippen molar-refractivity contribution in [3.05, 3.63) is 0 Å². The second kappa shape index (κ2) is 7.30. The van der Waals surface area contributed by atoms with Gasteiger partial charge in [-0.1, -0.05) is 6.92 Å². The second-order valence-corrected chi connectivity index (χ2v) is 3.51. The summed E-state index contributed by atoms with van der Waals surface area (Å²) in [7, 11) is 2.12. The molecule has 0 aromatic rings. The summed E-state index contributed by atoms with van der Waals surface area (Å²) in [6.07, 6.45) is 1.35. The van der Waals surface area contributed by atoms with E-state index in [-0.39, 0.29) is 6.10 Å². The molecule has 0 saturated carbocycles. The fourth-order valence-corrected chi connectivity index (χ4v) is 1.24. The fourth-order valence-electron chi connectivity index (χ4n) is 1.24. The highest BCUT2D eigenvalue weighted by Crippen LogP contribution is 2.02. The molecular weight excluding hydrogens is 164 g/mol. The number of nitrogens with two attached hydrogens (primary N) is 1. The Morgan fingerprint density at radius 1 is 1.38 bits per heavy atom. The van der Waals surface area contributed by atoms with Crippen LogP contribution in [0.5, 0.6) is 0 Å². The van der Waals surface area contributed by atoms with Gasteiger partial charge in [0.05, 0.1) is 6.10 Å². The molecular formula is C10H24N2O. The van der Waals surface area contributed by atoms with E-state index < -0.39 is 0 Å². The standard InChI is InChI=1S/C10H24N2O/c1-5-9(3)12(4)8-10(7-11)13-6-2/h9-10H,5-8,11H2,1-4H3. The van der Waals surface area contributed by atoms with Gasteiger partial charge in [0.2, 0.25) is 0 Å². The average molecular weight is 188 g/mol. The number of hydrogen-bond acceptors (Lipinski definition) is 3. The van der Waals surface area contributed by atoms with Gasteiger partial charge >= 0.3 is 0 Å². The SMILES string of the molecule is CCOC(CN)CN(C)C(C)CC. The van der Waals surface area contributed by atoms with Crippen LogP contribution in [0.4, 0.5) is 0 Å². The van der Waals surface area contributed by atoms with Gasteiger partial charge in [0.15, 0.2) is 0 Å². The van der Waals surface area contributed by atoms with E-state index >= 15 is 0 Å². The van der Waals surface area contributed by atoms with Crippen LogP contribution in [0.15, 0.2) is 0 Å². The van der Waals surface area contributed by atoms with Crippen LogP contribution in [0, 0.1) is 0 Å². The summed E-state index contributed by atoms with van der Waals surface area (Å²) >= 11 is 0. The Morgan fingerprint density at radius 2 is 2.00 bits per heavy atom. The van der Waals surface area contributed by atoms with E-state index in [1.165, 1.54) is 6.42 Å². The van der Waals surface area contributed by atoms with Crippen LogP contribution in [0.1, 0.15) is 27.2 Å². The molecule has 0 rings (SSSR count). The largest absolute Gasteiger partial charge is 0.376 e. The maximum absolute atomic E-state index is 5.60. The van der Waals surface area contributed by atoms with Gasteiger partial charge in [0, 0.05) is 25.7 Å². The molecule has 2 unspecified atom stereocenters. The van der Waals surface area contributed by atoms with E-state index in [4.69, 9.17) is 10.5 Å². The summed E-state index contributed by atoms with van der Waals surface area (Å²) < 4.78 is 5.49. The molecule has 2 N–H and O–H groups in total. The highest BCUT2D eigenvalue weighted by Gasteiger charge is 2.12. The first kappa shape index (κ1) is 12.9. The summed E-state index contributed by atoms with van der Waals surface area (Å²) in [5, 5.41) is 0. The van der Waals surface area contributed by atoms with Crippen LogP contribution in [0.25, 0.3) is 0 Å². The Labute approximate surface area is 82.2 Å². The molecule has 0 aromatic heterocycles. The zero-order valence-electron chi connectivity index (χ0n) is 9.42. The molecule has 3 heteroatoms. The topological polar surface area (TPSA) is 38.5 Å². The molecule has 0 aliphatic heterocycles. The smallest absolute Gasteiger partial charge is 0.0823 e. The third kappa shape index (κ3) is 5.24. The highest BCUT2D eigenvalue weighted by molar-refractivity contribution is 4.68. The van der Waals surface area contributed by atoms with E-state index in [1.54, 1.807) is 0 Å². The molecule has 0 aliphatic carbocycles. The number of likely N-dealkylation sites (N-methyl/N-ethyl adjacent to an activating group) is 1. The average Bonchev–Trinajstić information content (AvgIpc) is 2.15. The minimum absolute atomic E-state index is 0.184. The van der Waals surface area contributed by atoms with Gasteiger partial charge in [-0.05, 0) is 27.3 Å². The Bertz CT molecular complexity index is 119. The lowest BCUT2D eigenvalue weighted by Gasteiger charge is -2.27. The lowest BCUT2D eigenvalue weighted by atomic mass is 10.2. The molecule has 2 atom stereocenters. The zero-order chi connectivity index (χ0) is 10.3. The molecule has 0 radical (unpaired) electrons. The summed E-state index contributed by atoms with van der Waals surface area (Å²) in [6.45, 7) is 8.70. The first-order chi connectivity index (χ1) is 6.15. The normalized spacial score (nSPS) is 16.2. The number of hydrogen-bond donors (Lipinski definition) is 1. The van der Waals surface area contributed by atoms with E-state index in [1.807, 2.05) is 6.92 Å². The first-order valence-electron chi connectivity index (χ1n) is 5.17. The predicted octanol–water partition coefficient (Wildman–Crippen LogP) is 1.08. The van der Waals surface area contributed by atoms with E-state index in [0.29, 0.717) is 12.6 Å². The monoisotopic (exact) mass is 188 g/mol. The van der Waals surface area contributed by atoms with Crippen molar-refractivity contribution in [2.24, 2.45) is 5.73 Å². The predicted molar refractivity (Wildman–Crippen MR) is 56.9 cm³/mol. The molecule has 0 saturated heterocycles. The third-order valence-electron chi connectivity index (χ3n) is 2.50. The molecule has 0 spiro atoms. The van der Waals surface area contributed by atoms with Gasteiger partial charge < -0.3 is 15.4 Å². The zero-order valence-corrected chi connectivity index (χ0v) is 9.42. The van der Waals surface area contributed by atoms with Crippen molar-refractivity contribution >= 4 is 0 Å². The number of nitrogens with zero attached hydrogens (tertiary/aromatic N) is 1. The van der Waals surface area contributed by atoms with Gasteiger partial charge in [0.25, 0.3) is 0 Å².